The van der Waals surface area contributed by atoms with E-state index in [2.05, 4.69) is 182 Å². The van der Waals surface area contributed by atoms with Crippen molar-refractivity contribution in [2.75, 3.05) is 0 Å². The Morgan fingerprint density at radius 3 is 1.49 bits per heavy atom. The number of hydrogen-bond donors (Lipinski definition) is 0. The fraction of sp³-hybridized carbons (Fsp3) is 0. The molecule has 0 N–H and O–H groups in total. The molecule has 0 amide bonds. The van der Waals surface area contributed by atoms with Gasteiger partial charge in [-0.05, 0) is 112 Å². The maximum atomic E-state index is 6.30. The Morgan fingerprint density at radius 1 is 0.275 bits per heavy atom. The summed E-state index contributed by atoms with van der Waals surface area (Å²) in [6.45, 7) is 0. The normalized spacial score (nSPS) is 11.9. The molecule has 0 unspecified atom stereocenters. The number of hydrogen-bond acceptors (Lipinski definition) is 1. The summed E-state index contributed by atoms with van der Waals surface area (Å²) in [5.41, 5.74) is 9.24. The third-order valence-corrected chi connectivity index (χ3v) is 10.8. The predicted octanol–water partition coefficient (Wildman–Crippen LogP) is 14.4. The molecule has 11 rings (SSSR count). The average molecular weight is 647 g/mol. The lowest BCUT2D eigenvalue weighted by atomic mass is 9.83. The highest BCUT2D eigenvalue weighted by molar-refractivity contribution is 6.26. The Balaban J connectivity index is 1.11. The van der Waals surface area contributed by atoms with Crippen molar-refractivity contribution in [1.82, 2.24) is 0 Å². The van der Waals surface area contributed by atoms with Crippen molar-refractivity contribution in [2.45, 2.75) is 0 Å². The summed E-state index contributed by atoms with van der Waals surface area (Å²) >= 11 is 0. The first-order valence-electron chi connectivity index (χ1n) is 17.6. The maximum absolute atomic E-state index is 6.30. The average Bonchev–Trinajstić information content (AvgIpc) is 3.58. The van der Waals surface area contributed by atoms with Crippen LogP contribution in [0.2, 0.25) is 0 Å². The van der Waals surface area contributed by atoms with Gasteiger partial charge < -0.3 is 4.42 Å². The number of benzene rings is 10. The molecule has 0 saturated heterocycles. The predicted molar refractivity (Wildman–Crippen MR) is 218 cm³/mol. The first-order chi connectivity index (χ1) is 25.3. The van der Waals surface area contributed by atoms with Gasteiger partial charge in [0, 0.05) is 10.8 Å². The smallest absolute Gasteiger partial charge is 0.136 e. The van der Waals surface area contributed by atoms with Crippen LogP contribution in [0.4, 0.5) is 0 Å². The lowest BCUT2D eigenvalue weighted by molar-refractivity contribution is 0.669. The summed E-state index contributed by atoms with van der Waals surface area (Å²) < 4.78 is 6.30. The molecule has 0 aliphatic carbocycles. The van der Waals surface area contributed by atoms with Gasteiger partial charge in [-0.3, -0.25) is 0 Å². The first kappa shape index (κ1) is 28.2. The van der Waals surface area contributed by atoms with Crippen molar-refractivity contribution in [3.63, 3.8) is 0 Å². The van der Waals surface area contributed by atoms with Crippen LogP contribution in [0, 0.1) is 0 Å². The number of fused-ring (bicyclic) bond motifs is 10. The van der Waals surface area contributed by atoms with E-state index in [4.69, 9.17) is 4.42 Å². The molecule has 0 fully saturated rings. The fourth-order valence-corrected chi connectivity index (χ4v) is 8.55. The molecule has 0 saturated carbocycles. The van der Waals surface area contributed by atoms with Gasteiger partial charge in [-0.15, -0.1) is 0 Å². The van der Waals surface area contributed by atoms with Crippen LogP contribution in [-0.2, 0) is 0 Å². The van der Waals surface area contributed by atoms with Crippen LogP contribution in [0.5, 0.6) is 0 Å². The van der Waals surface area contributed by atoms with E-state index < -0.39 is 0 Å². The molecule has 0 aliphatic heterocycles. The van der Waals surface area contributed by atoms with Gasteiger partial charge in [0.2, 0.25) is 0 Å². The maximum Gasteiger partial charge on any atom is 0.136 e. The summed E-state index contributed by atoms with van der Waals surface area (Å²) in [5, 5.41) is 14.9. The monoisotopic (exact) mass is 646 g/mol. The molecule has 0 atom stereocenters. The van der Waals surface area contributed by atoms with Crippen LogP contribution < -0.4 is 0 Å². The quantitative estimate of drug-likeness (QED) is 0.138. The molecule has 0 bridgehead atoms. The Kier molecular flexibility index (Phi) is 6.02. The topological polar surface area (TPSA) is 13.1 Å². The van der Waals surface area contributed by atoms with Gasteiger partial charge in [0.1, 0.15) is 11.2 Å². The van der Waals surface area contributed by atoms with Crippen LogP contribution in [0.25, 0.3) is 109 Å². The summed E-state index contributed by atoms with van der Waals surface area (Å²) in [5.74, 6) is 0. The second-order valence-corrected chi connectivity index (χ2v) is 13.6. The summed E-state index contributed by atoms with van der Waals surface area (Å²) in [7, 11) is 0. The standard InChI is InChI=1S/C50H30O/c1-4-14-37-32(11-1)25-28-47-50(37)45-29-34(26-27-46(45)51-47)31-21-23-33(24-22-31)48-40-17-7-9-19-42(40)49(43-20-10-8-18-41(43)48)44-30-35-12-2-3-13-36(35)38-15-5-6-16-39(38)44/h1-30H. The molecule has 10 aromatic carbocycles. The van der Waals surface area contributed by atoms with Gasteiger partial charge >= 0.3 is 0 Å². The van der Waals surface area contributed by atoms with E-state index in [-0.39, 0.29) is 0 Å². The van der Waals surface area contributed by atoms with Crippen molar-refractivity contribution >= 4 is 75.8 Å². The largest absolute Gasteiger partial charge is 0.456 e. The van der Waals surface area contributed by atoms with E-state index in [0.717, 1.165) is 16.6 Å². The highest BCUT2D eigenvalue weighted by atomic mass is 16.3. The zero-order valence-electron chi connectivity index (χ0n) is 27.7. The third kappa shape index (κ3) is 4.22. The Bertz CT molecular complexity index is 3120. The van der Waals surface area contributed by atoms with Gasteiger partial charge in [-0.25, -0.2) is 0 Å². The van der Waals surface area contributed by atoms with Gasteiger partial charge in [-0.2, -0.15) is 0 Å². The van der Waals surface area contributed by atoms with E-state index in [9.17, 15) is 0 Å². The SMILES string of the molecule is c1ccc2c(c1)cc(-c1c3ccccc3c(-c3ccc(-c4ccc5oc6ccc7ccccc7c6c5c4)cc3)c3ccccc13)c1ccccc12. The van der Waals surface area contributed by atoms with Crippen molar-refractivity contribution in [3.05, 3.63) is 182 Å². The molecule has 11 aromatic rings. The zero-order chi connectivity index (χ0) is 33.5. The summed E-state index contributed by atoms with van der Waals surface area (Å²) in [6.07, 6.45) is 0. The summed E-state index contributed by atoms with van der Waals surface area (Å²) in [4.78, 5) is 0. The highest BCUT2D eigenvalue weighted by Crippen LogP contribution is 2.47. The van der Waals surface area contributed by atoms with E-state index in [1.54, 1.807) is 0 Å². The van der Waals surface area contributed by atoms with E-state index in [0.29, 0.717) is 0 Å². The minimum atomic E-state index is 0.916. The van der Waals surface area contributed by atoms with Gasteiger partial charge in [-0.1, -0.05) is 158 Å². The Labute approximate surface area is 294 Å². The van der Waals surface area contributed by atoms with Crippen molar-refractivity contribution in [2.24, 2.45) is 0 Å². The molecular formula is C50H30O. The molecule has 1 heterocycles. The van der Waals surface area contributed by atoms with Crippen molar-refractivity contribution in [3.8, 4) is 33.4 Å². The molecule has 0 spiro atoms. The first-order valence-corrected chi connectivity index (χ1v) is 17.6. The molecular weight excluding hydrogens is 617 g/mol. The van der Waals surface area contributed by atoms with Crippen LogP contribution >= 0.6 is 0 Å². The van der Waals surface area contributed by atoms with Crippen LogP contribution in [0.3, 0.4) is 0 Å². The number of furan rings is 1. The summed E-state index contributed by atoms with van der Waals surface area (Å²) in [6, 6.07) is 66.4. The molecule has 1 heteroatoms. The van der Waals surface area contributed by atoms with E-state index >= 15 is 0 Å². The van der Waals surface area contributed by atoms with E-state index in [1.807, 2.05) is 0 Å². The zero-order valence-corrected chi connectivity index (χ0v) is 27.7. The second kappa shape index (κ2) is 10.9. The van der Waals surface area contributed by atoms with Crippen LogP contribution in [0.15, 0.2) is 186 Å². The van der Waals surface area contributed by atoms with Crippen molar-refractivity contribution < 1.29 is 4.42 Å². The Morgan fingerprint density at radius 2 is 0.784 bits per heavy atom. The minimum Gasteiger partial charge on any atom is -0.456 e. The third-order valence-electron chi connectivity index (χ3n) is 10.8. The fourth-order valence-electron chi connectivity index (χ4n) is 8.55. The van der Waals surface area contributed by atoms with Crippen LogP contribution in [0.1, 0.15) is 0 Å². The molecule has 236 valence electrons. The molecule has 1 aromatic heterocycles. The lowest BCUT2D eigenvalue weighted by Gasteiger charge is -2.19. The molecule has 0 aliphatic rings. The second-order valence-electron chi connectivity index (χ2n) is 13.6. The highest BCUT2D eigenvalue weighted by Gasteiger charge is 2.19. The Hall–Kier alpha value is -6.70. The van der Waals surface area contributed by atoms with Gasteiger partial charge in [0.15, 0.2) is 0 Å². The van der Waals surface area contributed by atoms with Crippen molar-refractivity contribution in [1.29, 1.82) is 0 Å². The minimum absolute atomic E-state index is 0.916. The molecule has 1 nitrogen and oxygen atoms in total. The lowest BCUT2D eigenvalue weighted by Crippen LogP contribution is -1.92. The van der Waals surface area contributed by atoms with Crippen LogP contribution in [-0.4, -0.2) is 0 Å². The van der Waals surface area contributed by atoms with Gasteiger partial charge in [0.25, 0.3) is 0 Å². The molecule has 0 radical (unpaired) electrons. The molecule has 51 heavy (non-hydrogen) atoms. The van der Waals surface area contributed by atoms with E-state index in [1.165, 1.54) is 92.6 Å². The number of rotatable bonds is 3. The van der Waals surface area contributed by atoms with Gasteiger partial charge in [0.05, 0.1) is 0 Å².